The van der Waals surface area contributed by atoms with E-state index in [0.29, 0.717) is 24.3 Å². The molecule has 4 N–H and O–H groups in total. The third-order valence-electron chi connectivity index (χ3n) is 4.75. The van der Waals surface area contributed by atoms with Crippen molar-refractivity contribution in [2.24, 2.45) is 5.73 Å². The van der Waals surface area contributed by atoms with Crippen LogP contribution in [0.2, 0.25) is 0 Å². The van der Waals surface area contributed by atoms with Gasteiger partial charge in [0.1, 0.15) is 0 Å². The fourth-order valence-electron chi connectivity index (χ4n) is 2.88. The Morgan fingerprint density at radius 2 is 1.70 bits per heavy atom. The van der Waals surface area contributed by atoms with Crippen LogP contribution in [-0.2, 0) is 17.9 Å². The summed E-state index contributed by atoms with van der Waals surface area (Å²) in [6.45, 7) is 2.82. The molecule has 30 heavy (non-hydrogen) atoms. The SMILES string of the molecule is CC(C(=O)NCc1ccc(CN)cc1)c1ccc(NC(=O)c2cncc(Br)c2)cc1. The van der Waals surface area contributed by atoms with E-state index in [0.717, 1.165) is 21.2 Å². The Morgan fingerprint density at radius 3 is 2.33 bits per heavy atom. The summed E-state index contributed by atoms with van der Waals surface area (Å²) in [4.78, 5) is 28.8. The molecule has 2 aromatic carbocycles. The quantitative estimate of drug-likeness (QED) is 0.490. The fourth-order valence-corrected chi connectivity index (χ4v) is 3.25. The average Bonchev–Trinajstić information content (AvgIpc) is 2.77. The summed E-state index contributed by atoms with van der Waals surface area (Å²) in [5, 5.41) is 5.78. The molecule has 7 heteroatoms. The first-order chi connectivity index (χ1) is 14.5. The Bertz CT molecular complexity index is 1020. The number of carbonyl (C=O) groups excluding carboxylic acids is 2. The van der Waals surface area contributed by atoms with Crippen molar-refractivity contribution in [3.05, 3.63) is 93.7 Å². The normalized spacial score (nSPS) is 11.6. The zero-order chi connectivity index (χ0) is 21.5. The first-order valence-corrected chi connectivity index (χ1v) is 10.3. The smallest absolute Gasteiger partial charge is 0.257 e. The molecule has 1 aromatic heterocycles. The fraction of sp³-hybridized carbons (Fsp3) is 0.174. The van der Waals surface area contributed by atoms with Gasteiger partial charge in [-0.1, -0.05) is 36.4 Å². The summed E-state index contributed by atoms with van der Waals surface area (Å²) in [5.41, 5.74) is 9.66. The zero-order valence-electron chi connectivity index (χ0n) is 16.6. The van der Waals surface area contributed by atoms with Crippen LogP contribution in [0, 0.1) is 0 Å². The summed E-state index contributed by atoms with van der Waals surface area (Å²) in [6, 6.07) is 16.8. The van der Waals surface area contributed by atoms with E-state index in [2.05, 4.69) is 31.5 Å². The summed E-state index contributed by atoms with van der Waals surface area (Å²) in [5.74, 6) is -0.620. The van der Waals surface area contributed by atoms with Gasteiger partial charge in [0.2, 0.25) is 5.91 Å². The molecule has 0 bridgehead atoms. The monoisotopic (exact) mass is 466 g/mol. The lowest BCUT2D eigenvalue weighted by Crippen LogP contribution is -2.27. The minimum absolute atomic E-state index is 0.0603. The van der Waals surface area contributed by atoms with Crippen LogP contribution < -0.4 is 16.4 Å². The Labute approximate surface area is 184 Å². The number of nitrogens with two attached hydrogens (primary N) is 1. The molecule has 6 nitrogen and oxygen atoms in total. The first kappa shape index (κ1) is 21.7. The molecule has 1 atom stereocenters. The van der Waals surface area contributed by atoms with E-state index in [1.807, 2.05) is 43.3 Å². The summed E-state index contributed by atoms with van der Waals surface area (Å²) < 4.78 is 0.737. The topological polar surface area (TPSA) is 97.1 Å². The van der Waals surface area contributed by atoms with Crippen LogP contribution in [0.15, 0.2) is 71.5 Å². The van der Waals surface area contributed by atoms with Crippen LogP contribution in [0.25, 0.3) is 0 Å². The lowest BCUT2D eigenvalue weighted by atomic mass is 10.00. The molecule has 0 saturated carbocycles. The van der Waals surface area contributed by atoms with E-state index in [-0.39, 0.29) is 17.7 Å². The van der Waals surface area contributed by atoms with Crippen molar-refractivity contribution >= 4 is 33.4 Å². The average molecular weight is 467 g/mol. The molecule has 0 aliphatic heterocycles. The van der Waals surface area contributed by atoms with E-state index in [1.165, 1.54) is 6.20 Å². The highest BCUT2D eigenvalue weighted by Gasteiger charge is 2.15. The molecule has 1 heterocycles. The van der Waals surface area contributed by atoms with Crippen LogP contribution in [0.5, 0.6) is 0 Å². The lowest BCUT2D eigenvalue weighted by molar-refractivity contribution is -0.122. The van der Waals surface area contributed by atoms with Gasteiger partial charge in [-0.2, -0.15) is 0 Å². The van der Waals surface area contributed by atoms with Gasteiger partial charge >= 0.3 is 0 Å². The molecule has 2 amide bonds. The van der Waals surface area contributed by atoms with Gasteiger partial charge in [-0.25, -0.2) is 0 Å². The largest absolute Gasteiger partial charge is 0.352 e. The van der Waals surface area contributed by atoms with Gasteiger partial charge in [-0.3, -0.25) is 14.6 Å². The van der Waals surface area contributed by atoms with Gasteiger partial charge in [0.15, 0.2) is 0 Å². The van der Waals surface area contributed by atoms with Crippen LogP contribution in [0.1, 0.15) is 39.9 Å². The minimum Gasteiger partial charge on any atom is -0.352 e. The predicted molar refractivity (Wildman–Crippen MR) is 121 cm³/mol. The van der Waals surface area contributed by atoms with Crippen molar-refractivity contribution in [2.45, 2.75) is 25.9 Å². The van der Waals surface area contributed by atoms with Gasteiger partial charge in [0.05, 0.1) is 11.5 Å². The first-order valence-electron chi connectivity index (χ1n) is 9.53. The molecule has 3 rings (SSSR count). The second kappa shape index (κ2) is 10.1. The number of pyridine rings is 1. The van der Waals surface area contributed by atoms with Crippen molar-refractivity contribution in [3.8, 4) is 0 Å². The number of aromatic nitrogens is 1. The number of amides is 2. The molecule has 0 radical (unpaired) electrons. The highest BCUT2D eigenvalue weighted by atomic mass is 79.9. The second-order valence-corrected chi connectivity index (χ2v) is 7.84. The molecule has 0 fully saturated rings. The molecule has 0 saturated heterocycles. The molecule has 154 valence electrons. The van der Waals surface area contributed by atoms with E-state index < -0.39 is 0 Å². The number of nitrogens with one attached hydrogen (secondary N) is 2. The maximum Gasteiger partial charge on any atom is 0.257 e. The number of anilines is 1. The third kappa shape index (κ3) is 5.75. The number of hydrogen-bond acceptors (Lipinski definition) is 4. The molecular formula is C23H23BrN4O2. The van der Waals surface area contributed by atoms with Gasteiger partial charge in [0, 0.05) is 35.6 Å². The van der Waals surface area contributed by atoms with Gasteiger partial charge in [0.25, 0.3) is 5.91 Å². The maximum absolute atomic E-state index is 12.5. The number of benzene rings is 2. The molecule has 0 spiro atoms. The Hall–Kier alpha value is -3.03. The number of halogens is 1. The third-order valence-corrected chi connectivity index (χ3v) is 5.19. The molecule has 0 aliphatic carbocycles. The molecule has 3 aromatic rings. The molecule has 0 aliphatic rings. The van der Waals surface area contributed by atoms with E-state index in [4.69, 9.17) is 5.73 Å². The van der Waals surface area contributed by atoms with Crippen molar-refractivity contribution in [1.82, 2.24) is 10.3 Å². The highest BCUT2D eigenvalue weighted by Crippen LogP contribution is 2.19. The van der Waals surface area contributed by atoms with E-state index >= 15 is 0 Å². The number of carbonyl (C=O) groups is 2. The van der Waals surface area contributed by atoms with Crippen LogP contribution in [0.4, 0.5) is 5.69 Å². The number of nitrogens with zero attached hydrogens (tertiary/aromatic N) is 1. The zero-order valence-corrected chi connectivity index (χ0v) is 18.1. The lowest BCUT2D eigenvalue weighted by Gasteiger charge is -2.14. The number of rotatable bonds is 7. The van der Waals surface area contributed by atoms with Crippen molar-refractivity contribution in [2.75, 3.05) is 5.32 Å². The predicted octanol–water partition coefficient (Wildman–Crippen LogP) is 3.98. The summed E-state index contributed by atoms with van der Waals surface area (Å²) in [7, 11) is 0. The standard InChI is InChI=1S/C23H23BrN4O2/c1-15(22(29)27-12-17-4-2-16(11-25)3-5-17)18-6-8-21(9-7-18)28-23(30)19-10-20(24)14-26-13-19/h2-10,13-15H,11-12,25H2,1H3,(H,27,29)(H,28,30). The van der Waals surface area contributed by atoms with Crippen molar-refractivity contribution in [3.63, 3.8) is 0 Å². The second-order valence-electron chi connectivity index (χ2n) is 6.93. The summed E-state index contributed by atoms with van der Waals surface area (Å²) >= 11 is 3.30. The van der Waals surface area contributed by atoms with Crippen LogP contribution >= 0.6 is 15.9 Å². The number of hydrogen-bond donors (Lipinski definition) is 3. The van der Waals surface area contributed by atoms with Crippen molar-refractivity contribution < 1.29 is 9.59 Å². The molecular weight excluding hydrogens is 444 g/mol. The minimum atomic E-state index is -0.313. The van der Waals surface area contributed by atoms with Gasteiger partial charge in [-0.05, 0) is 57.7 Å². The maximum atomic E-state index is 12.5. The van der Waals surface area contributed by atoms with E-state index in [1.54, 1.807) is 24.4 Å². The Balaban J connectivity index is 1.56. The van der Waals surface area contributed by atoms with Crippen molar-refractivity contribution in [1.29, 1.82) is 0 Å². The van der Waals surface area contributed by atoms with Gasteiger partial charge in [-0.15, -0.1) is 0 Å². The molecule has 1 unspecified atom stereocenters. The van der Waals surface area contributed by atoms with Crippen LogP contribution in [0.3, 0.4) is 0 Å². The summed E-state index contributed by atoms with van der Waals surface area (Å²) in [6.07, 6.45) is 3.12. The highest BCUT2D eigenvalue weighted by molar-refractivity contribution is 9.10. The van der Waals surface area contributed by atoms with Gasteiger partial charge < -0.3 is 16.4 Å². The van der Waals surface area contributed by atoms with E-state index in [9.17, 15) is 9.59 Å². The Morgan fingerprint density at radius 1 is 1.03 bits per heavy atom. The Kier molecular flexibility index (Phi) is 7.32. The van der Waals surface area contributed by atoms with Crippen LogP contribution in [-0.4, -0.2) is 16.8 Å².